The van der Waals surface area contributed by atoms with Gasteiger partial charge in [0.25, 0.3) is 5.91 Å². The lowest BCUT2D eigenvalue weighted by Crippen LogP contribution is -2.26. The van der Waals surface area contributed by atoms with Crippen molar-refractivity contribution < 1.29 is 4.79 Å². The number of hydrogen-bond donors (Lipinski definition) is 2. The lowest BCUT2D eigenvalue weighted by molar-refractivity contribution is 0.0959. The van der Waals surface area contributed by atoms with Crippen LogP contribution in [0.25, 0.3) is 0 Å². The van der Waals surface area contributed by atoms with Crippen LogP contribution in [0.15, 0.2) is 12.1 Å². The van der Waals surface area contributed by atoms with Crippen molar-refractivity contribution in [3.05, 3.63) is 21.3 Å². The van der Waals surface area contributed by atoms with E-state index in [0.717, 1.165) is 0 Å². The summed E-state index contributed by atoms with van der Waals surface area (Å²) in [5, 5.41) is 2.69. The summed E-state index contributed by atoms with van der Waals surface area (Å²) in [7, 11) is 0. The molecule has 0 aliphatic carbocycles. The Morgan fingerprint density at radius 3 is 2.86 bits per heavy atom. The first-order valence-corrected chi connectivity index (χ1v) is 5.51. The van der Waals surface area contributed by atoms with Gasteiger partial charge in [-0.15, -0.1) is 11.3 Å². The highest BCUT2D eigenvalue weighted by atomic mass is 35.5. The number of nitrogens with two attached hydrogens (primary N) is 1. The van der Waals surface area contributed by atoms with Crippen molar-refractivity contribution in [2.45, 2.75) is 6.42 Å². The summed E-state index contributed by atoms with van der Waals surface area (Å²) in [6.07, 6.45) is 0.514. The summed E-state index contributed by atoms with van der Waals surface area (Å²) in [6, 6.07) is 3.37. The monoisotopic (exact) mass is 248 g/mol. The SMILES string of the molecule is NC(=S)CCNC(=O)c1ccc(Cl)s1. The van der Waals surface area contributed by atoms with E-state index in [1.54, 1.807) is 12.1 Å². The first-order chi connectivity index (χ1) is 6.59. The number of amides is 1. The fraction of sp³-hybridized carbons (Fsp3) is 0.250. The van der Waals surface area contributed by atoms with Crippen molar-refractivity contribution in [2.24, 2.45) is 5.73 Å². The third-order valence-electron chi connectivity index (χ3n) is 1.45. The Labute approximate surface area is 96.2 Å². The van der Waals surface area contributed by atoms with Gasteiger partial charge in [0.2, 0.25) is 0 Å². The number of thiocarbonyl (C=S) groups is 1. The molecule has 1 heterocycles. The minimum Gasteiger partial charge on any atom is -0.393 e. The van der Waals surface area contributed by atoms with Crippen LogP contribution in [0.2, 0.25) is 4.34 Å². The molecule has 0 aliphatic rings. The molecule has 0 bridgehead atoms. The Bertz CT molecular complexity index is 351. The van der Waals surface area contributed by atoms with Gasteiger partial charge in [-0.05, 0) is 12.1 Å². The van der Waals surface area contributed by atoms with Crippen LogP contribution >= 0.6 is 35.2 Å². The molecule has 76 valence electrons. The number of thiophene rings is 1. The van der Waals surface area contributed by atoms with Crippen LogP contribution in [0.5, 0.6) is 0 Å². The van der Waals surface area contributed by atoms with E-state index in [-0.39, 0.29) is 5.91 Å². The summed E-state index contributed by atoms with van der Waals surface area (Å²) in [5.41, 5.74) is 5.28. The topological polar surface area (TPSA) is 55.1 Å². The minimum atomic E-state index is -0.141. The maximum absolute atomic E-state index is 11.4. The van der Waals surface area contributed by atoms with Gasteiger partial charge in [0.05, 0.1) is 14.2 Å². The average molecular weight is 249 g/mol. The van der Waals surface area contributed by atoms with Gasteiger partial charge in [-0.2, -0.15) is 0 Å². The van der Waals surface area contributed by atoms with E-state index in [0.29, 0.717) is 27.2 Å². The van der Waals surface area contributed by atoms with Gasteiger partial charge < -0.3 is 11.1 Å². The molecule has 3 N–H and O–H groups in total. The van der Waals surface area contributed by atoms with Crippen molar-refractivity contribution in [1.29, 1.82) is 0 Å². The summed E-state index contributed by atoms with van der Waals surface area (Å²) >= 11 is 11.6. The molecule has 1 rings (SSSR count). The second-order valence-electron chi connectivity index (χ2n) is 2.58. The molecular formula is C8H9ClN2OS2. The van der Waals surface area contributed by atoms with Crippen molar-refractivity contribution in [3.8, 4) is 0 Å². The van der Waals surface area contributed by atoms with E-state index >= 15 is 0 Å². The quantitative estimate of drug-likeness (QED) is 0.799. The molecule has 0 radical (unpaired) electrons. The summed E-state index contributed by atoms with van der Waals surface area (Å²) in [4.78, 5) is 12.4. The highest BCUT2D eigenvalue weighted by Crippen LogP contribution is 2.20. The first kappa shape index (κ1) is 11.4. The number of carbonyl (C=O) groups excluding carboxylic acids is 1. The predicted molar refractivity (Wildman–Crippen MR) is 63.1 cm³/mol. The second kappa shape index (κ2) is 5.29. The van der Waals surface area contributed by atoms with E-state index in [9.17, 15) is 4.79 Å². The molecular weight excluding hydrogens is 240 g/mol. The predicted octanol–water partition coefficient (Wildman–Crippen LogP) is 1.81. The zero-order valence-electron chi connectivity index (χ0n) is 7.25. The molecule has 3 nitrogen and oxygen atoms in total. The maximum atomic E-state index is 11.4. The third kappa shape index (κ3) is 3.61. The van der Waals surface area contributed by atoms with Crippen molar-refractivity contribution in [3.63, 3.8) is 0 Å². The molecule has 0 aromatic carbocycles. The van der Waals surface area contributed by atoms with Crippen LogP contribution in [0.4, 0.5) is 0 Å². The van der Waals surface area contributed by atoms with Crippen LogP contribution in [-0.2, 0) is 0 Å². The smallest absolute Gasteiger partial charge is 0.261 e. The molecule has 6 heteroatoms. The minimum absolute atomic E-state index is 0.141. The largest absolute Gasteiger partial charge is 0.393 e. The lowest BCUT2D eigenvalue weighted by Gasteiger charge is -2.01. The van der Waals surface area contributed by atoms with Crippen molar-refractivity contribution in [2.75, 3.05) is 6.54 Å². The van der Waals surface area contributed by atoms with Crippen LogP contribution < -0.4 is 11.1 Å². The Hall–Kier alpha value is -0.650. The van der Waals surface area contributed by atoms with Crippen LogP contribution in [0.3, 0.4) is 0 Å². The molecule has 0 spiro atoms. The second-order valence-corrected chi connectivity index (χ2v) is 4.82. The number of hydrogen-bond acceptors (Lipinski definition) is 3. The van der Waals surface area contributed by atoms with Gasteiger partial charge >= 0.3 is 0 Å². The Kier molecular flexibility index (Phi) is 4.31. The Morgan fingerprint density at radius 2 is 2.36 bits per heavy atom. The third-order valence-corrected chi connectivity index (χ3v) is 2.89. The first-order valence-electron chi connectivity index (χ1n) is 3.91. The lowest BCUT2D eigenvalue weighted by atomic mass is 10.4. The van der Waals surface area contributed by atoms with E-state index in [1.165, 1.54) is 11.3 Å². The molecule has 1 aromatic rings. The van der Waals surface area contributed by atoms with Crippen molar-refractivity contribution in [1.82, 2.24) is 5.32 Å². The van der Waals surface area contributed by atoms with Crippen LogP contribution in [0, 0.1) is 0 Å². The normalized spacial score (nSPS) is 9.79. The van der Waals surface area contributed by atoms with Gasteiger partial charge in [0.1, 0.15) is 0 Å². The molecule has 0 saturated carbocycles. The average Bonchev–Trinajstić information content (AvgIpc) is 2.51. The highest BCUT2D eigenvalue weighted by molar-refractivity contribution is 7.80. The van der Waals surface area contributed by atoms with Gasteiger partial charge in [-0.3, -0.25) is 4.79 Å². The zero-order valence-corrected chi connectivity index (χ0v) is 9.64. The fourth-order valence-electron chi connectivity index (χ4n) is 0.823. The molecule has 14 heavy (non-hydrogen) atoms. The Balaban J connectivity index is 2.39. The molecule has 0 fully saturated rings. The summed E-state index contributed by atoms with van der Waals surface area (Å²) < 4.78 is 0.601. The van der Waals surface area contributed by atoms with Gasteiger partial charge in [0.15, 0.2) is 0 Å². The summed E-state index contributed by atoms with van der Waals surface area (Å²) in [6.45, 7) is 0.462. The molecule has 0 saturated heterocycles. The molecule has 0 atom stereocenters. The van der Waals surface area contributed by atoms with Crippen molar-refractivity contribution >= 4 is 46.1 Å². The van der Waals surface area contributed by atoms with E-state index < -0.39 is 0 Å². The van der Waals surface area contributed by atoms with Gasteiger partial charge in [0, 0.05) is 13.0 Å². The number of carbonyl (C=O) groups is 1. The van der Waals surface area contributed by atoms with Crippen LogP contribution in [0.1, 0.15) is 16.1 Å². The maximum Gasteiger partial charge on any atom is 0.261 e. The van der Waals surface area contributed by atoms with Crippen LogP contribution in [-0.4, -0.2) is 17.4 Å². The summed E-state index contributed by atoms with van der Waals surface area (Å²) in [5.74, 6) is -0.141. The highest BCUT2D eigenvalue weighted by Gasteiger charge is 2.07. The van der Waals surface area contributed by atoms with E-state index in [2.05, 4.69) is 17.5 Å². The van der Waals surface area contributed by atoms with E-state index in [4.69, 9.17) is 17.3 Å². The number of rotatable bonds is 4. The number of nitrogens with one attached hydrogen (secondary N) is 1. The zero-order chi connectivity index (χ0) is 10.6. The number of halogens is 1. The fourth-order valence-corrected chi connectivity index (χ4v) is 1.88. The molecule has 0 aliphatic heterocycles. The van der Waals surface area contributed by atoms with Gasteiger partial charge in [-0.25, -0.2) is 0 Å². The van der Waals surface area contributed by atoms with E-state index in [1.807, 2.05) is 0 Å². The molecule has 0 unspecified atom stereocenters. The Morgan fingerprint density at radius 1 is 1.64 bits per heavy atom. The molecule has 1 aromatic heterocycles. The standard InChI is InChI=1S/C8H9ClN2OS2/c9-6-2-1-5(14-6)8(12)11-4-3-7(10)13/h1-2H,3-4H2,(H2,10,13)(H,11,12). The van der Waals surface area contributed by atoms with Gasteiger partial charge in [-0.1, -0.05) is 23.8 Å². The molecule has 1 amide bonds.